The van der Waals surface area contributed by atoms with E-state index in [9.17, 15) is 4.79 Å². The van der Waals surface area contributed by atoms with Crippen molar-refractivity contribution in [2.45, 2.75) is 39.0 Å². The fraction of sp³-hybridized carbons (Fsp3) is 0.917. The largest absolute Gasteiger partial charge is 0.306 e. The molecule has 2 heteroatoms. The van der Waals surface area contributed by atoms with E-state index in [2.05, 4.69) is 11.9 Å². The maximum Gasteiger partial charge on any atom is 0.129 e. The number of carbonyl (C=O) groups excluding carboxylic acids is 1. The van der Waals surface area contributed by atoms with Crippen LogP contribution in [0, 0.1) is 11.3 Å². The summed E-state index contributed by atoms with van der Waals surface area (Å²) in [6.07, 6.45) is 6.08. The van der Waals surface area contributed by atoms with Gasteiger partial charge in [-0.05, 0) is 57.5 Å². The molecule has 2 aliphatic rings. The normalized spacial score (nSPS) is 37.4. The van der Waals surface area contributed by atoms with Gasteiger partial charge in [0.15, 0.2) is 0 Å². The second-order valence-electron chi connectivity index (χ2n) is 5.35. The Hall–Kier alpha value is -0.370. The number of Topliss-reactive ketones (excluding diaryl/α,β-unsaturated/α-hetero) is 1. The first-order chi connectivity index (χ1) is 6.62. The zero-order chi connectivity index (χ0) is 10.2. The van der Waals surface area contributed by atoms with Crippen molar-refractivity contribution >= 4 is 5.78 Å². The molecule has 2 rings (SSSR count). The van der Waals surface area contributed by atoms with Crippen LogP contribution in [-0.4, -0.2) is 30.8 Å². The number of piperidine rings is 1. The lowest BCUT2D eigenvalue weighted by atomic mass is 9.91. The minimum atomic E-state index is 0.358. The van der Waals surface area contributed by atoms with Gasteiger partial charge in [0, 0.05) is 13.0 Å². The number of rotatable bonds is 3. The minimum Gasteiger partial charge on any atom is -0.306 e. The summed E-state index contributed by atoms with van der Waals surface area (Å²) >= 11 is 0. The standard InChI is InChI=1S/C12H21NO/c1-10(14)4-5-11-8-12(11)6-3-7-13(2)9-12/h11H,3-9H2,1-2H3. The summed E-state index contributed by atoms with van der Waals surface area (Å²) in [5.41, 5.74) is 0.627. The van der Waals surface area contributed by atoms with Gasteiger partial charge >= 0.3 is 0 Å². The molecule has 2 fully saturated rings. The SMILES string of the molecule is CC(=O)CCC1CC12CCCN(C)C2. The number of nitrogens with zero attached hydrogens (tertiary/aromatic N) is 1. The molecule has 1 aliphatic heterocycles. The van der Waals surface area contributed by atoms with Crippen LogP contribution < -0.4 is 0 Å². The Morgan fingerprint density at radius 3 is 3.00 bits per heavy atom. The Balaban J connectivity index is 1.80. The van der Waals surface area contributed by atoms with E-state index in [0.29, 0.717) is 11.2 Å². The molecule has 2 nitrogen and oxygen atoms in total. The summed E-state index contributed by atoms with van der Waals surface area (Å²) in [7, 11) is 2.22. The first kappa shape index (κ1) is 10.2. The number of hydrogen-bond donors (Lipinski definition) is 0. The summed E-state index contributed by atoms with van der Waals surface area (Å²) in [4.78, 5) is 13.4. The highest BCUT2D eigenvalue weighted by Gasteiger charge is 2.54. The van der Waals surface area contributed by atoms with Crippen LogP contribution in [0.4, 0.5) is 0 Å². The van der Waals surface area contributed by atoms with E-state index in [1.807, 2.05) is 0 Å². The van der Waals surface area contributed by atoms with Crippen molar-refractivity contribution in [2.24, 2.45) is 11.3 Å². The van der Waals surface area contributed by atoms with E-state index < -0.39 is 0 Å². The third-order valence-corrected chi connectivity index (χ3v) is 4.00. The fourth-order valence-electron chi connectivity index (χ4n) is 3.11. The molecule has 0 aromatic carbocycles. The van der Waals surface area contributed by atoms with Crippen molar-refractivity contribution in [1.82, 2.24) is 4.90 Å². The zero-order valence-corrected chi connectivity index (χ0v) is 9.38. The number of hydrogen-bond acceptors (Lipinski definition) is 2. The Morgan fingerprint density at radius 1 is 1.57 bits per heavy atom. The zero-order valence-electron chi connectivity index (χ0n) is 9.38. The van der Waals surface area contributed by atoms with Crippen LogP contribution in [0.5, 0.6) is 0 Å². The topological polar surface area (TPSA) is 20.3 Å². The predicted octanol–water partition coefficient (Wildman–Crippen LogP) is 2.09. The summed E-state index contributed by atoms with van der Waals surface area (Å²) in [6, 6.07) is 0. The fourth-order valence-corrected chi connectivity index (χ4v) is 3.11. The van der Waals surface area contributed by atoms with Gasteiger partial charge in [0.25, 0.3) is 0 Å². The number of carbonyl (C=O) groups is 1. The second kappa shape index (κ2) is 3.65. The smallest absolute Gasteiger partial charge is 0.129 e. The average molecular weight is 195 g/mol. The molecule has 1 heterocycles. The number of ketones is 1. The van der Waals surface area contributed by atoms with Gasteiger partial charge < -0.3 is 9.69 Å². The average Bonchev–Trinajstić information content (AvgIpc) is 2.74. The molecule has 0 aromatic heterocycles. The van der Waals surface area contributed by atoms with Gasteiger partial charge in [0.05, 0.1) is 0 Å². The van der Waals surface area contributed by atoms with Gasteiger partial charge in [-0.15, -0.1) is 0 Å². The Kier molecular flexibility index (Phi) is 2.65. The van der Waals surface area contributed by atoms with E-state index in [1.54, 1.807) is 6.92 Å². The van der Waals surface area contributed by atoms with Crippen LogP contribution in [-0.2, 0) is 4.79 Å². The van der Waals surface area contributed by atoms with Crippen LogP contribution in [0.1, 0.15) is 39.0 Å². The highest BCUT2D eigenvalue weighted by Crippen LogP contribution is 2.59. The van der Waals surface area contributed by atoms with E-state index in [0.717, 1.165) is 18.8 Å². The molecule has 2 atom stereocenters. The molecule has 0 N–H and O–H groups in total. The lowest BCUT2D eigenvalue weighted by Crippen LogP contribution is -2.34. The quantitative estimate of drug-likeness (QED) is 0.687. The third-order valence-electron chi connectivity index (χ3n) is 4.00. The van der Waals surface area contributed by atoms with Crippen molar-refractivity contribution in [3.05, 3.63) is 0 Å². The monoisotopic (exact) mass is 195 g/mol. The summed E-state index contributed by atoms with van der Waals surface area (Å²) in [6.45, 7) is 4.25. The molecule has 1 saturated heterocycles. The Labute approximate surface area is 86.7 Å². The second-order valence-corrected chi connectivity index (χ2v) is 5.35. The number of likely N-dealkylation sites (tertiary alicyclic amines) is 1. The first-order valence-corrected chi connectivity index (χ1v) is 5.80. The van der Waals surface area contributed by atoms with Gasteiger partial charge in [-0.2, -0.15) is 0 Å². The van der Waals surface area contributed by atoms with Gasteiger partial charge in [-0.25, -0.2) is 0 Å². The highest BCUT2D eigenvalue weighted by molar-refractivity contribution is 5.75. The lowest BCUT2D eigenvalue weighted by Gasteiger charge is -2.30. The Morgan fingerprint density at radius 2 is 2.36 bits per heavy atom. The van der Waals surface area contributed by atoms with E-state index >= 15 is 0 Å². The lowest BCUT2D eigenvalue weighted by molar-refractivity contribution is -0.117. The molecule has 0 aromatic rings. The molecular weight excluding hydrogens is 174 g/mol. The summed E-state index contributed by atoms with van der Waals surface area (Å²) in [5.74, 6) is 1.21. The van der Waals surface area contributed by atoms with Crippen LogP contribution in [0.15, 0.2) is 0 Å². The van der Waals surface area contributed by atoms with Crippen molar-refractivity contribution in [1.29, 1.82) is 0 Å². The Bertz CT molecular complexity index is 238. The van der Waals surface area contributed by atoms with Crippen molar-refractivity contribution in [3.63, 3.8) is 0 Å². The molecule has 1 aliphatic carbocycles. The van der Waals surface area contributed by atoms with Gasteiger partial charge in [0.1, 0.15) is 5.78 Å². The molecule has 1 saturated carbocycles. The third kappa shape index (κ3) is 2.00. The molecule has 2 unspecified atom stereocenters. The molecule has 14 heavy (non-hydrogen) atoms. The predicted molar refractivity (Wildman–Crippen MR) is 57.2 cm³/mol. The maximum atomic E-state index is 10.9. The van der Waals surface area contributed by atoms with Gasteiger partial charge in [-0.3, -0.25) is 0 Å². The van der Waals surface area contributed by atoms with E-state index in [-0.39, 0.29) is 0 Å². The molecular formula is C12H21NO. The van der Waals surface area contributed by atoms with Crippen LogP contribution >= 0.6 is 0 Å². The van der Waals surface area contributed by atoms with E-state index in [1.165, 1.54) is 32.4 Å². The van der Waals surface area contributed by atoms with Crippen LogP contribution in [0.2, 0.25) is 0 Å². The van der Waals surface area contributed by atoms with Crippen molar-refractivity contribution in [2.75, 3.05) is 20.1 Å². The molecule has 0 bridgehead atoms. The molecule has 80 valence electrons. The van der Waals surface area contributed by atoms with Crippen LogP contribution in [0.25, 0.3) is 0 Å². The van der Waals surface area contributed by atoms with E-state index in [4.69, 9.17) is 0 Å². The minimum absolute atomic E-state index is 0.358. The van der Waals surface area contributed by atoms with Crippen LogP contribution in [0.3, 0.4) is 0 Å². The molecule has 0 radical (unpaired) electrons. The first-order valence-electron chi connectivity index (χ1n) is 5.80. The molecule has 1 spiro atoms. The van der Waals surface area contributed by atoms with Crippen molar-refractivity contribution < 1.29 is 4.79 Å². The van der Waals surface area contributed by atoms with Crippen molar-refractivity contribution in [3.8, 4) is 0 Å². The van der Waals surface area contributed by atoms with Gasteiger partial charge in [0.2, 0.25) is 0 Å². The highest BCUT2D eigenvalue weighted by atomic mass is 16.1. The molecule has 0 amide bonds. The maximum absolute atomic E-state index is 10.9. The summed E-state index contributed by atoms with van der Waals surface area (Å²) in [5, 5.41) is 0. The summed E-state index contributed by atoms with van der Waals surface area (Å²) < 4.78 is 0. The van der Waals surface area contributed by atoms with Gasteiger partial charge in [-0.1, -0.05) is 0 Å².